The molecule has 0 saturated heterocycles. The third kappa shape index (κ3) is 9.98. The number of hydrogen-bond acceptors (Lipinski definition) is 9. The van der Waals surface area contributed by atoms with Crippen LogP contribution in [-0.4, -0.2) is 62.3 Å². The van der Waals surface area contributed by atoms with Gasteiger partial charge in [0.2, 0.25) is 0 Å². The molecule has 7 rings (SSSR count). The number of nitrogens with zero attached hydrogens (tertiary/aromatic N) is 6. The molecule has 4 aromatic heterocycles. The molecular formula is C40H45Cl2N8O4V-. The molecule has 2 aromatic carbocycles. The first kappa shape index (κ1) is 43.1. The fourth-order valence-electron chi connectivity index (χ4n) is 6.16. The number of pyridine rings is 2. The van der Waals surface area contributed by atoms with E-state index in [0.29, 0.717) is 52.4 Å². The van der Waals surface area contributed by atoms with Crippen LogP contribution in [0.4, 0.5) is 5.69 Å². The average molecular weight is 824 g/mol. The van der Waals surface area contributed by atoms with Crippen molar-refractivity contribution in [1.82, 2.24) is 29.5 Å². The zero-order valence-corrected chi connectivity index (χ0v) is 34.7. The van der Waals surface area contributed by atoms with Gasteiger partial charge in [-0.2, -0.15) is 0 Å². The second-order valence-electron chi connectivity index (χ2n) is 12.8. The fraction of sp³-hybridized carbons (Fsp3) is 0.325. The number of anilines is 1. The molecule has 15 heteroatoms. The molecule has 0 spiro atoms. The Bertz CT molecular complexity index is 2290. The Hall–Kier alpha value is -4.62. The minimum Gasteiger partial charge on any atom is -0.494 e. The molecule has 1 aliphatic carbocycles. The number of fused-ring (bicyclic) bond motifs is 2. The molecule has 0 aliphatic heterocycles. The zero-order valence-electron chi connectivity index (χ0n) is 31.8. The number of amides is 1. The van der Waals surface area contributed by atoms with Crippen LogP contribution in [-0.2, 0) is 25.1 Å². The third-order valence-electron chi connectivity index (χ3n) is 8.84. The number of methoxy groups -OCH3 is 2. The molecule has 12 nitrogen and oxygen atoms in total. The van der Waals surface area contributed by atoms with E-state index < -0.39 is 0 Å². The number of benzene rings is 2. The van der Waals surface area contributed by atoms with Crippen LogP contribution in [0.1, 0.15) is 74.1 Å². The topological polar surface area (TPSA) is 141 Å². The number of aromatic amines is 1. The summed E-state index contributed by atoms with van der Waals surface area (Å²) in [7, 11) is 3.24. The molecule has 55 heavy (non-hydrogen) atoms. The maximum atomic E-state index is 12.6. The van der Waals surface area contributed by atoms with Crippen LogP contribution < -0.4 is 25.0 Å². The van der Waals surface area contributed by atoms with Gasteiger partial charge in [-0.15, -0.1) is 0 Å². The first-order chi connectivity index (χ1) is 25.7. The molecule has 1 aliphatic rings. The van der Waals surface area contributed by atoms with Crippen molar-refractivity contribution in [3.63, 3.8) is 0 Å². The molecule has 0 atom stereocenters. The van der Waals surface area contributed by atoms with Crippen LogP contribution in [0.3, 0.4) is 0 Å². The first-order valence-electron chi connectivity index (χ1n) is 17.5. The van der Waals surface area contributed by atoms with E-state index in [1.807, 2.05) is 19.3 Å². The van der Waals surface area contributed by atoms with Gasteiger partial charge in [-0.25, -0.2) is 9.97 Å². The number of aromatic nitrogens is 6. The van der Waals surface area contributed by atoms with Gasteiger partial charge in [-0.1, -0.05) is 49.2 Å². The number of imidazole rings is 1. The smallest absolute Gasteiger partial charge is 0.256 e. The first-order valence-corrected chi connectivity index (χ1v) is 18.3. The minimum absolute atomic E-state index is 0. The van der Waals surface area contributed by atoms with Gasteiger partial charge in [-0.05, 0) is 68.5 Å². The van der Waals surface area contributed by atoms with Gasteiger partial charge in [0.05, 0.1) is 48.9 Å². The monoisotopic (exact) mass is 822 g/mol. The molecule has 0 bridgehead atoms. The minimum atomic E-state index is -0.347. The Balaban J connectivity index is 0.000000244. The molecule has 1 radical (unpaired) electrons. The number of hydrogen-bond donors (Lipinski definition) is 2. The van der Waals surface area contributed by atoms with E-state index >= 15 is 0 Å². The van der Waals surface area contributed by atoms with Crippen molar-refractivity contribution in [1.29, 1.82) is 0 Å². The second-order valence-corrected chi connectivity index (χ2v) is 13.6. The number of carbonyl (C=O) groups excluding carboxylic acids is 1. The van der Waals surface area contributed by atoms with E-state index in [0.717, 1.165) is 46.9 Å². The largest absolute Gasteiger partial charge is 0.494 e. The summed E-state index contributed by atoms with van der Waals surface area (Å²) < 4.78 is 19.1. The van der Waals surface area contributed by atoms with Crippen molar-refractivity contribution in [3.05, 3.63) is 107 Å². The third-order valence-corrected chi connectivity index (χ3v) is 9.41. The predicted molar refractivity (Wildman–Crippen MR) is 214 cm³/mol. The summed E-state index contributed by atoms with van der Waals surface area (Å²) in [6, 6.07) is 13.0. The Morgan fingerprint density at radius 3 is 2.40 bits per heavy atom. The number of carbonyl (C=O) groups is 1. The van der Waals surface area contributed by atoms with E-state index in [4.69, 9.17) is 42.4 Å². The van der Waals surface area contributed by atoms with Crippen molar-refractivity contribution in [2.75, 3.05) is 26.1 Å². The maximum absolute atomic E-state index is 12.6. The van der Waals surface area contributed by atoms with Gasteiger partial charge in [0.25, 0.3) is 5.91 Å². The Morgan fingerprint density at radius 1 is 1.02 bits per heavy atom. The molecular weight excluding hydrogens is 778 g/mol. The van der Waals surface area contributed by atoms with E-state index in [1.54, 1.807) is 44.7 Å². The Kier molecular flexibility index (Phi) is 15.5. The van der Waals surface area contributed by atoms with Crippen molar-refractivity contribution in [2.45, 2.75) is 65.0 Å². The number of H-pyrrole nitrogens is 1. The van der Waals surface area contributed by atoms with Gasteiger partial charge in [0.15, 0.2) is 22.6 Å². The van der Waals surface area contributed by atoms with E-state index in [-0.39, 0.29) is 48.0 Å². The van der Waals surface area contributed by atoms with Gasteiger partial charge in [0.1, 0.15) is 22.6 Å². The molecule has 4 heterocycles. The number of ether oxygens (including phenoxy) is 3. The van der Waals surface area contributed by atoms with Gasteiger partial charge in [-0.3, -0.25) is 19.8 Å². The van der Waals surface area contributed by atoms with Crippen molar-refractivity contribution < 1.29 is 37.6 Å². The van der Waals surface area contributed by atoms with Gasteiger partial charge < -0.3 is 36.5 Å². The van der Waals surface area contributed by atoms with Crippen LogP contribution >= 0.6 is 23.2 Å². The number of nitrogens with one attached hydrogen (secondary N) is 2. The molecule has 0 unspecified atom stereocenters. The number of rotatable bonds is 10. The molecule has 289 valence electrons. The summed E-state index contributed by atoms with van der Waals surface area (Å²) in [5, 5.41) is 3.92. The van der Waals surface area contributed by atoms with Crippen LogP contribution in [0.2, 0.25) is 10.0 Å². The maximum Gasteiger partial charge on any atom is 0.256 e. The van der Waals surface area contributed by atoms with Gasteiger partial charge >= 0.3 is 0 Å². The van der Waals surface area contributed by atoms with Gasteiger partial charge in [0, 0.05) is 60.6 Å². The van der Waals surface area contributed by atoms with Crippen molar-refractivity contribution >= 4 is 56.9 Å². The van der Waals surface area contributed by atoms with Crippen molar-refractivity contribution in [2.24, 2.45) is 4.99 Å². The van der Waals surface area contributed by atoms with E-state index in [9.17, 15) is 4.79 Å². The fourth-order valence-corrected chi connectivity index (χ4v) is 6.62. The van der Waals surface area contributed by atoms with Crippen LogP contribution in [0.25, 0.3) is 22.1 Å². The summed E-state index contributed by atoms with van der Waals surface area (Å²) in [5.41, 5.74) is 4.96. The van der Waals surface area contributed by atoms with Crippen LogP contribution in [0, 0.1) is 7.43 Å². The molecule has 1 fully saturated rings. The summed E-state index contributed by atoms with van der Waals surface area (Å²) in [4.78, 5) is 38.1. The van der Waals surface area contributed by atoms with Crippen LogP contribution in [0.15, 0.2) is 72.4 Å². The van der Waals surface area contributed by atoms with Crippen molar-refractivity contribution in [3.8, 4) is 17.2 Å². The van der Waals surface area contributed by atoms with E-state index in [1.165, 1.54) is 25.2 Å². The zero-order chi connectivity index (χ0) is 37.5. The number of halogens is 2. The Morgan fingerprint density at radius 2 is 1.73 bits per heavy atom. The predicted octanol–water partition coefficient (Wildman–Crippen LogP) is 8.83. The summed E-state index contributed by atoms with van der Waals surface area (Å²) in [6.07, 6.45) is 11.3. The molecule has 1 amide bonds. The standard InChI is InChI=1S/C23H31N5O2.C16H11Cl2N3O2.CH3.V/c1-5-24-22-20-23(27-21(26-20)15(2)3)28(14-25-22)13-16-10-11-18(29-4)19(12-16)30-17-8-6-7-9-17;1-23-13-5-4-10(9-3-2-6-20-14(9)13)16(22)21-15-11(17)7-19-8-12(15)18;;/h10-12,14-15,17H,5-9,13H2,1-4H3,(H,26,27);2-8H,1H3,(H,19,21,22);1H3;/q;;-1;. The molecule has 6 aromatic rings. The van der Waals surface area contributed by atoms with E-state index in [2.05, 4.69) is 60.8 Å². The molecule has 1 saturated carbocycles. The summed E-state index contributed by atoms with van der Waals surface area (Å²) >= 11 is 12.1. The summed E-state index contributed by atoms with van der Waals surface area (Å²) in [5.74, 6) is 3.08. The molecule has 2 N–H and O–H groups in total. The van der Waals surface area contributed by atoms with Crippen LogP contribution in [0.5, 0.6) is 17.2 Å². The average Bonchev–Trinajstić information content (AvgIpc) is 3.86. The summed E-state index contributed by atoms with van der Waals surface area (Å²) in [6.45, 7) is 7.59. The normalized spacial score (nSPS) is 12.8. The Labute approximate surface area is 343 Å². The quantitative estimate of drug-likeness (QED) is 0.131. The second kappa shape index (κ2) is 19.8. The SMILES string of the molecule is CCN=c1ncn(Cc2ccc(OC)c(OC3CCCC3)c2)c2nc(C(C)C)[nH]c12.COc1ccc(C(=O)Nc2c(Cl)cncc2Cl)c2cccnc12.[CH3-].[V].